The van der Waals surface area contributed by atoms with Crippen molar-refractivity contribution in [3.8, 4) is 0 Å². The van der Waals surface area contributed by atoms with Crippen LogP contribution in [-0.2, 0) is 6.54 Å². The molecule has 1 aliphatic heterocycles. The molecular weight excluding hydrogens is 530 g/mol. The molecule has 5 rings (SSSR count). The van der Waals surface area contributed by atoms with Gasteiger partial charge in [-0.1, -0.05) is 60.7 Å². The van der Waals surface area contributed by atoms with Crippen LogP contribution in [0.5, 0.6) is 0 Å². The summed E-state index contributed by atoms with van der Waals surface area (Å²) in [5.41, 5.74) is 3.16. The van der Waals surface area contributed by atoms with Crippen LogP contribution in [0.4, 0.5) is 4.39 Å². The zero-order valence-electron chi connectivity index (χ0n) is 17.8. The maximum Gasteiger partial charge on any atom is 0.269 e. The van der Waals surface area contributed by atoms with Crippen molar-refractivity contribution in [1.82, 2.24) is 10.0 Å². The van der Waals surface area contributed by atoms with E-state index in [0.29, 0.717) is 24.1 Å². The van der Waals surface area contributed by atoms with Gasteiger partial charge in [0, 0.05) is 21.2 Å². The summed E-state index contributed by atoms with van der Waals surface area (Å²) in [6.45, 7) is 0.425. The summed E-state index contributed by atoms with van der Waals surface area (Å²) < 4.78 is 21.2. The molecule has 1 amide bonds. The van der Waals surface area contributed by atoms with Crippen molar-refractivity contribution in [2.45, 2.75) is 25.0 Å². The summed E-state index contributed by atoms with van der Waals surface area (Å²) >= 11 is 2.19. The van der Waals surface area contributed by atoms with Gasteiger partial charge in [0.05, 0.1) is 30.2 Å². The normalized spacial score (nSPS) is 18.5. The van der Waals surface area contributed by atoms with Crippen molar-refractivity contribution < 1.29 is 13.6 Å². The van der Waals surface area contributed by atoms with Crippen molar-refractivity contribution in [3.05, 3.63) is 129 Å². The molecule has 1 aromatic heterocycles. The van der Waals surface area contributed by atoms with E-state index < -0.39 is 0 Å². The molecular formula is C27H22FIN2O2. The highest BCUT2D eigenvalue weighted by Gasteiger charge is 2.45. The van der Waals surface area contributed by atoms with Gasteiger partial charge in [0.1, 0.15) is 5.82 Å². The van der Waals surface area contributed by atoms with Crippen LogP contribution >= 0.6 is 22.6 Å². The fourth-order valence-electron chi connectivity index (χ4n) is 4.52. The number of halogens is 2. The van der Waals surface area contributed by atoms with Crippen LogP contribution in [-0.4, -0.2) is 15.9 Å². The number of furan rings is 1. The molecule has 0 bridgehead atoms. The zero-order valence-corrected chi connectivity index (χ0v) is 19.9. The van der Waals surface area contributed by atoms with Gasteiger partial charge in [-0.15, -0.1) is 0 Å². The third kappa shape index (κ3) is 4.32. The van der Waals surface area contributed by atoms with E-state index in [-0.39, 0.29) is 23.8 Å². The van der Waals surface area contributed by atoms with E-state index in [9.17, 15) is 9.18 Å². The van der Waals surface area contributed by atoms with E-state index in [1.165, 1.54) is 6.07 Å². The third-order valence-electron chi connectivity index (χ3n) is 6.06. The molecule has 0 aliphatic carbocycles. The number of rotatable bonds is 5. The van der Waals surface area contributed by atoms with E-state index in [4.69, 9.17) is 4.42 Å². The SMILES string of the molecule is O=C(c1ccccc1I)N1[C@H](c2ccccc2)C[C@H](c2ccccc2F)N1Cc1ccoc1. The van der Waals surface area contributed by atoms with Crippen LogP contribution in [0.25, 0.3) is 0 Å². The number of amides is 1. The molecule has 6 heteroatoms. The molecule has 33 heavy (non-hydrogen) atoms. The van der Waals surface area contributed by atoms with Gasteiger partial charge in [-0.25, -0.2) is 9.40 Å². The first-order valence-electron chi connectivity index (χ1n) is 10.8. The van der Waals surface area contributed by atoms with Gasteiger partial charge in [-0.05, 0) is 58.8 Å². The highest BCUT2D eigenvalue weighted by Crippen LogP contribution is 2.46. The fraction of sp³-hybridized carbons (Fsp3) is 0.148. The Labute approximate surface area is 205 Å². The largest absolute Gasteiger partial charge is 0.472 e. The Balaban J connectivity index is 1.65. The summed E-state index contributed by atoms with van der Waals surface area (Å²) in [6.07, 6.45) is 3.87. The van der Waals surface area contributed by atoms with E-state index in [0.717, 1.165) is 14.7 Å². The molecule has 2 heterocycles. The number of hydrogen-bond donors (Lipinski definition) is 0. The molecule has 2 atom stereocenters. The second-order valence-corrected chi connectivity index (χ2v) is 9.22. The van der Waals surface area contributed by atoms with E-state index in [2.05, 4.69) is 22.6 Å². The lowest BCUT2D eigenvalue weighted by Crippen LogP contribution is -2.43. The molecule has 3 aromatic carbocycles. The van der Waals surface area contributed by atoms with Crippen molar-refractivity contribution in [1.29, 1.82) is 0 Å². The van der Waals surface area contributed by atoms with Crippen molar-refractivity contribution in [2.75, 3.05) is 0 Å². The molecule has 0 spiro atoms. The lowest BCUT2D eigenvalue weighted by Gasteiger charge is -2.35. The molecule has 0 N–H and O–H groups in total. The van der Waals surface area contributed by atoms with E-state index in [1.54, 1.807) is 18.6 Å². The van der Waals surface area contributed by atoms with Gasteiger partial charge in [-0.3, -0.25) is 9.80 Å². The number of benzene rings is 3. The lowest BCUT2D eigenvalue weighted by atomic mass is 9.96. The average molecular weight is 552 g/mol. The standard InChI is InChI=1S/C27H22FIN2O2/c28-23-12-6-4-10-21(23)26-16-25(20-8-2-1-3-9-20)31(30(26)17-19-14-15-33-18-19)27(32)22-11-5-7-13-24(22)29/h1-15,18,25-26H,16-17H2/t25-,26+/m0/s1. The second-order valence-electron chi connectivity index (χ2n) is 8.06. The molecule has 4 nitrogen and oxygen atoms in total. The Morgan fingerprint density at radius 3 is 2.39 bits per heavy atom. The zero-order chi connectivity index (χ0) is 22.8. The molecule has 1 fully saturated rings. The molecule has 0 unspecified atom stereocenters. The molecule has 1 aliphatic rings. The van der Waals surface area contributed by atoms with Crippen LogP contribution in [0.2, 0.25) is 0 Å². The predicted octanol–water partition coefficient (Wildman–Crippen LogP) is 6.77. The summed E-state index contributed by atoms with van der Waals surface area (Å²) in [4.78, 5) is 14.0. The summed E-state index contributed by atoms with van der Waals surface area (Å²) in [6, 6.07) is 25.7. The maximum atomic E-state index is 15.0. The Hall–Kier alpha value is -2.97. The van der Waals surface area contributed by atoms with Gasteiger partial charge < -0.3 is 4.42 Å². The monoisotopic (exact) mass is 552 g/mol. The first kappa shape index (κ1) is 21.9. The third-order valence-corrected chi connectivity index (χ3v) is 7.00. The van der Waals surface area contributed by atoms with Crippen LogP contribution in [0.3, 0.4) is 0 Å². The number of carbonyl (C=O) groups excluding carboxylic acids is 1. The first-order chi connectivity index (χ1) is 16.1. The Kier molecular flexibility index (Phi) is 6.28. The minimum absolute atomic E-state index is 0.101. The van der Waals surface area contributed by atoms with Crippen molar-refractivity contribution in [3.63, 3.8) is 0 Å². The van der Waals surface area contributed by atoms with Gasteiger partial charge in [-0.2, -0.15) is 0 Å². The van der Waals surface area contributed by atoms with E-state index >= 15 is 0 Å². The summed E-state index contributed by atoms with van der Waals surface area (Å²) in [5, 5.41) is 3.81. The van der Waals surface area contributed by atoms with Gasteiger partial charge in [0.25, 0.3) is 5.91 Å². The summed E-state index contributed by atoms with van der Waals surface area (Å²) in [7, 11) is 0. The minimum Gasteiger partial charge on any atom is -0.472 e. The molecule has 0 radical (unpaired) electrons. The number of hydrazine groups is 1. The topological polar surface area (TPSA) is 36.7 Å². The minimum atomic E-state index is -0.309. The number of hydrogen-bond acceptors (Lipinski definition) is 3. The molecule has 166 valence electrons. The highest BCUT2D eigenvalue weighted by molar-refractivity contribution is 14.1. The average Bonchev–Trinajstić information content (AvgIpc) is 3.48. The predicted molar refractivity (Wildman–Crippen MR) is 133 cm³/mol. The Morgan fingerprint density at radius 2 is 1.67 bits per heavy atom. The molecule has 0 saturated carbocycles. The van der Waals surface area contributed by atoms with Gasteiger partial charge in [0.15, 0.2) is 0 Å². The highest BCUT2D eigenvalue weighted by atomic mass is 127. The maximum absolute atomic E-state index is 15.0. The van der Waals surface area contributed by atoms with Crippen LogP contribution in [0.15, 0.2) is 102 Å². The fourth-order valence-corrected chi connectivity index (χ4v) is 5.14. The Bertz CT molecular complexity index is 1250. The number of carbonyl (C=O) groups is 1. The van der Waals surface area contributed by atoms with Crippen LogP contribution in [0, 0.1) is 9.39 Å². The number of nitrogens with zero attached hydrogens (tertiary/aromatic N) is 2. The first-order valence-corrected chi connectivity index (χ1v) is 11.9. The van der Waals surface area contributed by atoms with Gasteiger partial charge >= 0.3 is 0 Å². The van der Waals surface area contributed by atoms with Gasteiger partial charge in [0.2, 0.25) is 0 Å². The second kappa shape index (κ2) is 9.49. The molecule has 1 saturated heterocycles. The summed E-state index contributed by atoms with van der Waals surface area (Å²) in [5.74, 6) is -0.369. The quantitative estimate of drug-likeness (QED) is 0.257. The van der Waals surface area contributed by atoms with Crippen molar-refractivity contribution >= 4 is 28.5 Å². The van der Waals surface area contributed by atoms with E-state index in [1.807, 2.05) is 82.8 Å². The van der Waals surface area contributed by atoms with Crippen LogP contribution in [0.1, 0.15) is 45.6 Å². The van der Waals surface area contributed by atoms with Crippen molar-refractivity contribution in [2.24, 2.45) is 0 Å². The van der Waals surface area contributed by atoms with Crippen LogP contribution < -0.4 is 0 Å². The Morgan fingerprint density at radius 1 is 0.939 bits per heavy atom. The molecule has 4 aromatic rings. The lowest BCUT2D eigenvalue weighted by molar-refractivity contribution is -0.0192. The smallest absolute Gasteiger partial charge is 0.269 e.